The lowest BCUT2D eigenvalue weighted by molar-refractivity contribution is -0.137. The predicted molar refractivity (Wildman–Crippen MR) is 105 cm³/mol. The number of benzene rings is 1. The summed E-state index contributed by atoms with van der Waals surface area (Å²) in [6.07, 6.45) is -1.52. The largest absolute Gasteiger partial charge is 0.418 e. The van der Waals surface area contributed by atoms with Crippen molar-refractivity contribution in [2.45, 2.75) is 32.9 Å². The topological polar surface area (TPSA) is 57.8 Å². The Morgan fingerprint density at radius 3 is 2.52 bits per heavy atom. The van der Waals surface area contributed by atoms with Crippen LogP contribution >= 0.6 is 0 Å². The summed E-state index contributed by atoms with van der Waals surface area (Å²) < 4.78 is 40.9. The molecule has 0 bridgehead atoms. The van der Waals surface area contributed by atoms with E-state index in [0.29, 0.717) is 35.5 Å². The van der Waals surface area contributed by atoms with Gasteiger partial charge in [-0.05, 0) is 30.0 Å². The third kappa shape index (κ3) is 3.64. The van der Waals surface area contributed by atoms with Crippen LogP contribution in [0, 0.1) is 5.41 Å². The van der Waals surface area contributed by atoms with Crippen LogP contribution in [-0.2, 0) is 12.6 Å². The van der Waals surface area contributed by atoms with Crippen molar-refractivity contribution in [1.29, 1.82) is 0 Å². The standard InChI is InChI=1S/C22H20F3N3O/c1-21(2)10-16-18(17(29)11-21)20(27-13-6-4-3-5-7-13)19(28-16)14-8-9-26-12-15(14)22(23,24)25/h3-9,12,27-28H,10-11H2,1-2H3. The molecule has 0 atom stereocenters. The van der Waals surface area contributed by atoms with Gasteiger partial charge in [-0.25, -0.2) is 0 Å². The van der Waals surface area contributed by atoms with Gasteiger partial charge in [0.25, 0.3) is 0 Å². The second-order valence-corrected chi connectivity index (χ2v) is 8.08. The number of hydrogen-bond donors (Lipinski definition) is 2. The SMILES string of the molecule is CC1(C)CC(=O)c2c([nH]c(-c3ccncc3C(F)(F)F)c2Nc2ccccc2)C1. The Hall–Kier alpha value is -3.09. The van der Waals surface area contributed by atoms with Gasteiger partial charge in [-0.15, -0.1) is 0 Å². The van der Waals surface area contributed by atoms with Crippen LogP contribution in [0.4, 0.5) is 24.5 Å². The minimum Gasteiger partial charge on any atom is -0.356 e. The van der Waals surface area contributed by atoms with E-state index in [1.54, 1.807) is 12.1 Å². The van der Waals surface area contributed by atoms with Gasteiger partial charge in [0, 0.05) is 35.8 Å². The molecule has 150 valence electrons. The number of ketones is 1. The second-order valence-electron chi connectivity index (χ2n) is 8.08. The molecule has 29 heavy (non-hydrogen) atoms. The van der Waals surface area contributed by atoms with Crippen molar-refractivity contribution >= 4 is 17.2 Å². The lowest BCUT2D eigenvalue weighted by Gasteiger charge is -2.28. The number of aromatic nitrogens is 2. The van der Waals surface area contributed by atoms with Crippen molar-refractivity contribution in [1.82, 2.24) is 9.97 Å². The first-order valence-corrected chi connectivity index (χ1v) is 9.27. The molecule has 3 aromatic rings. The first-order valence-electron chi connectivity index (χ1n) is 9.27. The van der Waals surface area contributed by atoms with Crippen LogP contribution < -0.4 is 5.32 Å². The maximum Gasteiger partial charge on any atom is 0.418 e. The van der Waals surface area contributed by atoms with E-state index < -0.39 is 11.7 Å². The summed E-state index contributed by atoms with van der Waals surface area (Å²) in [6, 6.07) is 10.4. The van der Waals surface area contributed by atoms with Gasteiger partial charge in [-0.2, -0.15) is 13.2 Å². The van der Waals surface area contributed by atoms with Crippen molar-refractivity contribution < 1.29 is 18.0 Å². The summed E-state index contributed by atoms with van der Waals surface area (Å²) in [5, 5.41) is 3.18. The number of Topliss-reactive ketones (excluding diaryl/α,β-unsaturated/α-hetero) is 1. The van der Waals surface area contributed by atoms with E-state index >= 15 is 0 Å². The Balaban J connectivity index is 1.95. The van der Waals surface area contributed by atoms with Crippen LogP contribution in [0.1, 0.15) is 41.9 Å². The molecule has 0 radical (unpaired) electrons. The molecule has 1 aromatic carbocycles. The summed E-state index contributed by atoms with van der Waals surface area (Å²) in [6.45, 7) is 3.96. The molecule has 0 aliphatic heterocycles. The number of nitrogens with zero attached hydrogens (tertiary/aromatic N) is 1. The Kier molecular flexibility index (Phi) is 4.48. The molecule has 0 saturated carbocycles. The highest BCUT2D eigenvalue weighted by atomic mass is 19.4. The van der Waals surface area contributed by atoms with Gasteiger partial charge in [0.1, 0.15) is 0 Å². The molecule has 4 nitrogen and oxygen atoms in total. The number of para-hydroxylation sites is 1. The number of rotatable bonds is 3. The molecular weight excluding hydrogens is 379 g/mol. The molecule has 1 aliphatic rings. The van der Waals surface area contributed by atoms with E-state index in [4.69, 9.17) is 0 Å². The van der Waals surface area contributed by atoms with Crippen LogP contribution in [0.15, 0.2) is 48.8 Å². The zero-order valence-electron chi connectivity index (χ0n) is 16.0. The monoisotopic (exact) mass is 399 g/mol. The van der Waals surface area contributed by atoms with Gasteiger partial charge >= 0.3 is 6.18 Å². The minimum absolute atomic E-state index is 0.0362. The molecule has 0 saturated heterocycles. The first kappa shape index (κ1) is 19.2. The Labute approximate surface area is 166 Å². The van der Waals surface area contributed by atoms with Crippen LogP contribution in [0.3, 0.4) is 0 Å². The lowest BCUT2D eigenvalue weighted by Crippen LogP contribution is -2.26. The number of anilines is 2. The van der Waals surface area contributed by atoms with E-state index in [2.05, 4.69) is 15.3 Å². The average molecular weight is 399 g/mol. The number of fused-ring (bicyclic) bond motifs is 1. The van der Waals surface area contributed by atoms with Crippen molar-refractivity contribution in [3.8, 4) is 11.3 Å². The maximum absolute atomic E-state index is 13.6. The zero-order valence-corrected chi connectivity index (χ0v) is 16.0. The molecule has 7 heteroatoms. The van der Waals surface area contributed by atoms with E-state index in [1.807, 2.05) is 32.0 Å². The van der Waals surface area contributed by atoms with E-state index in [9.17, 15) is 18.0 Å². The Bertz CT molecular complexity index is 1070. The number of alkyl halides is 3. The molecular formula is C22H20F3N3O. The van der Waals surface area contributed by atoms with Crippen LogP contribution in [-0.4, -0.2) is 15.8 Å². The van der Waals surface area contributed by atoms with Crippen molar-refractivity contribution in [2.24, 2.45) is 5.41 Å². The molecule has 0 unspecified atom stereocenters. The fourth-order valence-corrected chi connectivity index (χ4v) is 3.89. The number of aromatic amines is 1. The number of halogens is 3. The Morgan fingerprint density at radius 2 is 1.83 bits per heavy atom. The Morgan fingerprint density at radius 1 is 1.10 bits per heavy atom. The van der Waals surface area contributed by atoms with E-state index in [1.165, 1.54) is 12.3 Å². The van der Waals surface area contributed by atoms with Gasteiger partial charge in [0.2, 0.25) is 0 Å². The number of pyridine rings is 1. The summed E-state index contributed by atoms with van der Waals surface area (Å²) in [7, 11) is 0. The van der Waals surface area contributed by atoms with Gasteiger partial charge in [0.05, 0.1) is 22.5 Å². The number of nitrogens with one attached hydrogen (secondary N) is 2. The molecule has 2 N–H and O–H groups in total. The van der Waals surface area contributed by atoms with Crippen LogP contribution in [0.2, 0.25) is 0 Å². The molecule has 0 fully saturated rings. The summed E-state index contributed by atoms with van der Waals surface area (Å²) in [5.41, 5.74) is 1.27. The second kappa shape index (κ2) is 6.76. The molecule has 2 heterocycles. The van der Waals surface area contributed by atoms with Gasteiger partial charge in [0.15, 0.2) is 5.78 Å². The lowest BCUT2D eigenvalue weighted by atomic mass is 9.76. The van der Waals surface area contributed by atoms with Gasteiger partial charge < -0.3 is 10.3 Å². The molecule has 4 rings (SSSR count). The highest BCUT2D eigenvalue weighted by Gasteiger charge is 2.39. The van der Waals surface area contributed by atoms with Crippen molar-refractivity contribution in [3.63, 3.8) is 0 Å². The van der Waals surface area contributed by atoms with E-state index in [-0.39, 0.29) is 22.5 Å². The molecule has 2 aromatic heterocycles. The smallest absolute Gasteiger partial charge is 0.356 e. The quantitative estimate of drug-likeness (QED) is 0.568. The van der Waals surface area contributed by atoms with Gasteiger partial charge in [-0.1, -0.05) is 32.0 Å². The zero-order chi connectivity index (χ0) is 20.8. The van der Waals surface area contributed by atoms with Gasteiger partial charge in [-0.3, -0.25) is 9.78 Å². The average Bonchev–Trinajstić information content (AvgIpc) is 2.99. The third-order valence-corrected chi connectivity index (χ3v) is 5.09. The molecule has 0 spiro atoms. The van der Waals surface area contributed by atoms with Crippen LogP contribution in [0.5, 0.6) is 0 Å². The number of carbonyl (C=O) groups is 1. The summed E-state index contributed by atoms with van der Waals surface area (Å²) >= 11 is 0. The minimum atomic E-state index is -4.57. The summed E-state index contributed by atoms with van der Waals surface area (Å²) in [5.74, 6) is -0.0835. The van der Waals surface area contributed by atoms with Crippen molar-refractivity contribution in [3.05, 3.63) is 65.6 Å². The first-order chi connectivity index (χ1) is 13.7. The third-order valence-electron chi connectivity index (χ3n) is 5.09. The predicted octanol–water partition coefficient (Wildman–Crippen LogP) is 5.99. The normalized spacial score (nSPS) is 15.8. The number of hydrogen-bond acceptors (Lipinski definition) is 3. The highest BCUT2D eigenvalue weighted by Crippen LogP contribution is 2.45. The fraction of sp³-hybridized carbons (Fsp3) is 0.273. The summed E-state index contributed by atoms with van der Waals surface area (Å²) in [4.78, 5) is 19.7. The number of H-pyrrole nitrogens is 1. The molecule has 1 aliphatic carbocycles. The fourth-order valence-electron chi connectivity index (χ4n) is 3.89. The molecule has 0 amide bonds. The van der Waals surface area contributed by atoms with E-state index in [0.717, 1.165) is 6.20 Å². The highest BCUT2D eigenvalue weighted by molar-refractivity contribution is 6.07. The van der Waals surface area contributed by atoms with Crippen molar-refractivity contribution in [2.75, 3.05) is 5.32 Å². The number of carbonyl (C=O) groups excluding carboxylic acids is 1. The maximum atomic E-state index is 13.6. The van der Waals surface area contributed by atoms with Crippen LogP contribution in [0.25, 0.3) is 11.3 Å².